The average molecular weight is 194 g/mol. The number of aryl methyl sites for hydroxylation is 1. The SMILES string of the molecule is Cc1cccc(CN(C)C(=O)NN)n1. The van der Waals surface area contributed by atoms with Gasteiger partial charge in [0.15, 0.2) is 0 Å². The van der Waals surface area contributed by atoms with Gasteiger partial charge in [-0.2, -0.15) is 0 Å². The lowest BCUT2D eigenvalue weighted by Gasteiger charge is -2.15. The molecule has 14 heavy (non-hydrogen) atoms. The van der Waals surface area contributed by atoms with Crippen LogP contribution in [0.1, 0.15) is 11.4 Å². The lowest BCUT2D eigenvalue weighted by atomic mass is 10.3. The fraction of sp³-hybridized carbons (Fsp3) is 0.333. The molecular formula is C9H14N4O. The smallest absolute Gasteiger partial charge is 0.321 e. The number of hydrogen-bond donors (Lipinski definition) is 2. The Labute approximate surface area is 82.9 Å². The van der Waals surface area contributed by atoms with Crippen LogP contribution in [0.25, 0.3) is 0 Å². The van der Waals surface area contributed by atoms with Crippen molar-refractivity contribution in [3.63, 3.8) is 0 Å². The normalized spacial score (nSPS) is 9.64. The van der Waals surface area contributed by atoms with Crippen LogP contribution in [-0.2, 0) is 6.54 Å². The summed E-state index contributed by atoms with van der Waals surface area (Å²) in [4.78, 5) is 16.8. The average Bonchev–Trinajstić information content (AvgIpc) is 2.16. The second kappa shape index (κ2) is 4.57. The largest absolute Gasteiger partial charge is 0.331 e. The summed E-state index contributed by atoms with van der Waals surface area (Å²) >= 11 is 0. The Morgan fingerprint density at radius 3 is 2.93 bits per heavy atom. The van der Waals surface area contributed by atoms with E-state index in [1.54, 1.807) is 7.05 Å². The van der Waals surface area contributed by atoms with E-state index in [2.05, 4.69) is 10.4 Å². The molecule has 0 radical (unpaired) electrons. The van der Waals surface area contributed by atoms with Crippen LogP contribution in [0.5, 0.6) is 0 Å². The third-order valence-corrected chi connectivity index (χ3v) is 1.82. The Hall–Kier alpha value is -1.62. The molecule has 0 aliphatic carbocycles. The van der Waals surface area contributed by atoms with Crippen molar-refractivity contribution in [2.75, 3.05) is 7.05 Å². The van der Waals surface area contributed by atoms with Gasteiger partial charge in [-0.15, -0.1) is 0 Å². The number of carbonyl (C=O) groups excluding carboxylic acids is 1. The van der Waals surface area contributed by atoms with E-state index in [0.717, 1.165) is 11.4 Å². The molecule has 5 heteroatoms. The second-order valence-electron chi connectivity index (χ2n) is 3.08. The predicted molar refractivity (Wildman–Crippen MR) is 53.2 cm³/mol. The van der Waals surface area contributed by atoms with Gasteiger partial charge >= 0.3 is 6.03 Å². The lowest BCUT2D eigenvalue weighted by molar-refractivity contribution is 0.206. The molecule has 76 valence electrons. The van der Waals surface area contributed by atoms with Crippen LogP contribution in [0.2, 0.25) is 0 Å². The van der Waals surface area contributed by atoms with E-state index < -0.39 is 0 Å². The number of carbonyl (C=O) groups is 1. The van der Waals surface area contributed by atoms with E-state index in [-0.39, 0.29) is 6.03 Å². The topological polar surface area (TPSA) is 71.2 Å². The zero-order chi connectivity index (χ0) is 10.6. The number of pyridine rings is 1. The molecule has 1 aromatic heterocycles. The number of aromatic nitrogens is 1. The monoisotopic (exact) mass is 194 g/mol. The van der Waals surface area contributed by atoms with Gasteiger partial charge in [0.2, 0.25) is 0 Å². The van der Waals surface area contributed by atoms with Crippen LogP contribution in [0, 0.1) is 6.92 Å². The Balaban J connectivity index is 2.64. The predicted octanol–water partition coefficient (Wildman–Crippen LogP) is 0.405. The second-order valence-corrected chi connectivity index (χ2v) is 3.08. The van der Waals surface area contributed by atoms with Crippen molar-refractivity contribution in [3.8, 4) is 0 Å². The summed E-state index contributed by atoms with van der Waals surface area (Å²) in [6.45, 7) is 2.36. The summed E-state index contributed by atoms with van der Waals surface area (Å²) in [6, 6.07) is 5.36. The Morgan fingerprint density at radius 2 is 2.36 bits per heavy atom. The lowest BCUT2D eigenvalue weighted by Crippen LogP contribution is -2.40. The maximum Gasteiger partial charge on any atom is 0.331 e. The van der Waals surface area contributed by atoms with E-state index in [0.29, 0.717) is 6.54 Å². The Bertz CT molecular complexity index is 326. The van der Waals surface area contributed by atoms with Crippen LogP contribution < -0.4 is 11.3 Å². The highest BCUT2D eigenvalue weighted by Crippen LogP contribution is 2.01. The molecular weight excluding hydrogens is 180 g/mol. The molecule has 0 aromatic carbocycles. The number of urea groups is 1. The highest BCUT2D eigenvalue weighted by molar-refractivity contribution is 5.72. The summed E-state index contributed by atoms with van der Waals surface area (Å²) in [5.74, 6) is 4.99. The summed E-state index contributed by atoms with van der Waals surface area (Å²) in [5, 5.41) is 0. The van der Waals surface area contributed by atoms with Gasteiger partial charge in [-0.3, -0.25) is 10.4 Å². The highest BCUT2D eigenvalue weighted by Gasteiger charge is 2.07. The number of hydrazine groups is 1. The van der Waals surface area contributed by atoms with Crippen LogP contribution in [0.3, 0.4) is 0 Å². The van der Waals surface area contributed by atoms with Gasteiger partial charge in [0.1, 0.15) is 0 Å². The molecule has 0 fully saturated rings. The van der Waals surface area contributed by atoms with Crippen molar-refractivity contribution in [1.82, 2.24) is 15.3 Å². The van der Waals surface area contributed by atoms with Crippen LogP contribution >= 0.6 is 0 Å². The fourth-order valence-corrected chi connectivity index (χ4v) is 1.11. The number of nitrogens with two attached hydrogens (primary N) is 1. The maximum atomic E-state index is 11.1. The molecule has 5 nitrogen and oxygen atoms in total. The van der Waals surface area contributed by atoms with Crippen LogP contribution in [-0.4, -0.2) is 23.0 Å². The van der Waals surface area contributed by atoms with Crippen LogP contribution in [0.15, 0.2) is 18.2 Å². The molecule has 0 spiro atoms. The zero-order valence-corrected chi connectivity index (χ0v) is 8.32. The minimum absolute atomic E-state index is 0.326. The van der Waals surface area contributed by atoms with Gasteiger partial charge in [0.25, 0.3) is 0 Å². The Kier molecular flexibility index (Phi) is 3.41. The molecule has 0 saturated carbocycles. The molecule has 0 atom stereocenters. The van der Waals surface area contributed by atoms with Gasteiger partial charge in [-0.1, -0.05) is 6.07 Å². The third kappa shape index (κ3) is 2.70. The van der Waals surface area contributed by atoms with Crippen molar-refractivity contribution in [2.24, 2.45) is 5.84 Å². The first-order valence-electron chi connectivity index (χ1n) is 4.27. The molecule has 0 bridgehead atoms. The molecule has 0 aliphatic rings. The highest BCUT2D eigenvalue weighted by atomic mass is 16.2. The first kappa shape index (κ1) is 10.5. The molecule has 1 aromatic rings. The van der Waals surface area contributed by atoms with Gasteiger partial charge in [0, 0.05) is 12.7 Å². The van der Waals surface area contributed by atoms with Gasteiger partial charge in [-0.25, -0.2) is 10.6 Å². The fourth-order valence-electron chi connectivity index (χ4n) is 1.11. The Morgan fingerprint density at radius 1 is 1.64 bits per heavy atom. The molecule has 3 N–H and O–H groups in total. The molecule has 1 heterocycles. The van der Waals surface area contributed by atoms with Crippen molar-refractivity contribution in [3.05, 3.63) is 29.6 Å². The van der Waals surface area contributed by atoms with Gasteiger partial charge in [-0.05, 0) is 19.1 Å². The van der Waals surface area contributed by atoms with E-state index in [9.17, 15) is 4.79 Å². The number of amides is 2. The number of nitrogens with one attached hydrogen (secondary N) is 1. The molecule has 1 rings (SSSR count). The number of nitrogens with zero attached hydrogens (tertiary/aromatic N) is 2. The standard InChI is InChI=1S/C9H14N4O/c1-7-4-3-5-8(11-7)6-13(2)9(14)12-10/h3-5H,6,10H2,1-2H3,(H,12,14). The molecule has 2 amide bonds. The maximum absolute atomic E-state index is 11.1. The van der Waals surface area contributed by atoms with Crippen molar-refractivity contribution >= 4 is 6.03 Å². The third-order valence-electron chi connectivity index (χ3n) is 1.82. The van der Waals surface area contributed by atoms with E-state index in [1.165, 1.54) is 4.90 Å². The molecule has 0 aliphatic heterocycles. The van der Waals surface area contributed by atoms with Gasteiger partial charge in [0.05, 0.1) is 12.2 Å². The summed E-state index contributed by atoms with van der Waals surface area (Å²) in [5.41, 5.74) is 3.84. The van der Waals surface area contributed by atoms with E-state index in [4.69, 9.17) is 5.84 Å². The van der Waals surface area contributed by atoms with Crippen molar-refractivity contribution < 1.29 is 4.79 Å². The molecule has 0 saturated heterocycles. The van der Waals surface area contributed by atoms with E-state index >= 15 is 0 Å². The summed E-state index contributed by atoms with van der Waals surface area (Å²) in [6.07, 6.45) is 0. The quantitative estimate of drug-likeness (QED) is 0.407. The molecule has 0 unspecified atom stereocenters. The summed E-state index contributed by atoms with van der Waals surface area (Å²) in [7, 11) is 1.66. The number of rotatable bonds is 2. The minimum atomic E-state index is -0.326. The van der Waals surface area contributed by atoms with Gasteiger partial charge < -0.3 is 4.90 Å². The minimum Gasteiger partial charge on any atom is -0.321 e. The van der Waals surface area contributed by atoms with Crippen molar-refractivity contribution in [2.45, 2.75) is 13.5 Å². The number of hydrogen-bond acceptors (Lipinski definition) is 3. The first-order valence-corrected chi connectivity index (χ1v) is 4.27. The van der Waals surface area contributed by atoms with E-state index in [1.807, 2.05) is 25.1 Å². The van der Waals surface area contributed by atoms with Crippen molar-refractivity contribution in [1.29, 1.82) is 0 Å². The summed E-state index contributed by atoms with van der Waals surface area (Å²) < 4.78 is 0. The van der Waals surface area contributed by atoms with Crippen LogP contribution in [0.4, 0.5) is 4.79 Å². The first-order chi connectivity index (χ1) is 6.63. The zero-order valence-electron chi connectivity index (χ0n) is 8.32.